The zero-order chi connectivity index (χ0) is 30.4. The van der Waals surface area contributed by atoms with E-state index >= 15 is 0 Å². The monoisotopic (exact) mass is 615 g/mol. The Balaban J connectivity index is 1.67. The fraction of sp³-hybridized carbons (Fsp3) is 0.222. The van der Waals surface area contributed by atoms with E-state index in [2.05, 4.69) is 10.6 Å². The summed E-state index contributed by atoms with van der Waals surface area (Å²) in [7, 11) is -4.17. The van der Waals surface area contributed by atoms with Crippen molar-refractivity contribution in [2.45, 2.75) is 24.4 Å². The molecule has 1 saturated heterocycles. The van der Waals surface area contributed by atoms with E-state index in [-0.39, 0.29) is 24.3 Å². The summed E-state index contributed by atoms with van der Waals surface area (Å²) in [5.41, 5.74) is 0.551. The lowest BCUT2D eigenvalue weighted by molar-refractivity contribution is -0.384. The van der Waals surface area contributed by atoms with E-state index < -0.39 is 57.2 Å². The predicted octanol–water partition coefficient (Wildman–Crippen LogP) is 3.59. The average molecular weight is 616 g/mol. The predicted molar refractivity (Wildman–Crippen MR) is 153 cm³/mol. The third-order valence-electron chi connectivity index (χ3n) is 6.43. The molecule has 0 saturated carbocycles. The summed E-state index contributed by atoms with van der Waals surface area (Å²) in [5, 5.41) is 26.2. The highest BCUT2D eigenvalue weighted by Crippen LogP contribution is 2.27. The second-order valence-electron chi connectivity index (χ2n) is 9.37. The van der Waals surface area contributed by atoms with E-state index in [0.29, 0.717) is 16.3 Å². The zero-order valence-electron chi connectivity index (χ0n) is 21.9. The number of nitrogens with one attached hydrogen (secondary N) is 2. The van der Waals surface area contributed by atoms with Gasteiger partial charge in [0.05, 0.1) is 23.1 Å². The van der Waals surface area contributed by atoms with Crippen LogP contribution in [0, 0.1) is 10.1 Å². The largest absolute Gasteiger partial charge is 0.481 e. The van der Waals surface area contributed by atoms with Crippen molar-refractivity contribution < 1.29 is 32.8 Å². The summed E-state index contributed by atoms with van der Waals surface area (Å²) < 4.78 is 28.0. The highest BCUT2D eigenvalue weighted by molar-refractivity contribution is 7.88. The molecule has 4 rings (SSSR count). The number of hydrogen-bond donors (Lipinski definition) is 3. The van der Waals surface area contributed by atoms with Gasteiger partial charge in [0.15, 0.2) is 6.17 Å². The number of amides is 3. The van der Waals surface area contributed by atoms with Gasteiger partial charge in [-0.3, -0.25) is 24.6 Å². The van der Waals surface area contributed by atoms with Crippen LogP contribution in [0.4, 0.5) is 16.2 Å². The number of aliphatic carboxylic acids is 1. The second-order valence-corrected chi connectivity index (χ2v) is 11.7. The lowest BCUT2D eigenvalue weighted by Gasteiger charge is -2.30. The van der Waals surface area contributed by atoms with Crippen LogP contribution in [0.15, 0.2) is 78.9 Å². The molecule has 220 valence electrons. The molecule has 3 aromatic carbocycles. The lowest BCUT2D eigenvalue weighted by atomic mass is 10.0. The van der Waals surface area contributed by atoms with E-state index in [1.165, 1.54) is 24.3 Å². The summed E-state index contributed by atoms with van der Waals surface area (Å²) in [6.07, 6.45) is -2.35. The quantitative estimate of drug-likeness (QED) is 0.229. The van der Waals surface area contributed by atoms with Crippen LogP contribution < -0.4 is 10.6 Å². The number of carboxylic acids is 1. The molecule has 0 bridgehead atoms. The van der Waals surface area contributed by atoms with E-state index in [4.69, 9.17) is 11.6 Å². The van der Waals surface area contributed by atoms with E-state index in [0.717, 1.165) is 15.3 Å². The fourth-order valence-corrected chi connectivity index (χ4v) is 6.38. The molecule has 2 atom stereocenters. The van der Waals surface area contributed by atoms with Crippen molar-refractivity contribution in [1.82, 2.24) is 14.5 Å². The summed E-state index contributed by atoms with van der Waals surface area (Å²) >= 11 is 6.01. The SMILES string of the molecule is O=C(O)CC(NC(=O)C1N(C(=O)Nc2cccc(Cl)c2)CCN1S(=O)(=O)Cc1ccccc1)c1cccc([N+](=O)[O-])c1. The normalized spacial score (nSPS) is 16.0. The third-order valence-corrected chi connectivity index (χ3v) is 8.46. The van der Waals surface area contributed by atoms with Gasteiger partial charge in [-0.15, -0.1) is 0 Å². The van der Waals surface area contributed by atoms with Crippen LogP contribution in [0.2, 0.25) is 5.02 Å². The molecule has 2 unspecified atom stereocenters. The van der Waals surface area contributed by atoms with E-state index in [1.807, 2.05) is 0 Å². The number of nitrogens with zero attached hydrogens (tertiary/aromatic N) is 3. The lowest BCUT2D eigenvalue weighted by Crippen LogP contribution is -2.55. The van der Waals surface area contributed by atoms with Gasteiger partial charge in [0.1, 0.15) is 0 Å². The van der Waals surface area contributed by atoms with Gasteiger partial charge < -0.3 is 15.7 Å². The molecule has 0 radical (unpaired) electrons. The molecule has 1 aliphatic rings. The topological polar surface area (TPSA) is 179 Å². The molecule has 0 aromatic heterocycles. The van der Waals surface area contributed by atoms with Crippen molar-refractivity contribution in [3.05, 3.63) is 105 Å². The number of anilines is 1. The number of halogens is 1. The number of non-ortho nitro benzene ring substituents is 1. The molecule has 3 aromatic rings. The number of carbonyl (C=O) groups excluding carboxylic acids is 2. The van der Waals surface area contributed by atoms with Gasteiger partial charge in [-0.2, -0.15) is 4.31 Å². The van der Waals surface area contributed by atoms with Crippen molar-refractivity contribution >= 4 is 50.9 Å². The van der Waals surface area contributed by atoms with E-state index in [1.54, 1.807) is 48.5 Å². The average Bonchev–Trinajstić information content (AvgIpc) is 3.40. The Labute approximate surface area is 245 Å². The van der Waals surface area contributed by atoms with Crippen LogP contribution in [0.1, 0.15) is 23.6 Å². The molecule has 1 aliphatic heterocycles. The highest BCUT2D eigenvalue weighted by Gasteiger charge is 2.46. The van der Waals surface area contributed by atoms with Crippen LogP contribution in [0.25, 0.3) is 0 Å². The van der Waals surface area contributed by atoms with Gasteiger partial charge >= 0.3 is 12.0 Å². The van der Waals surface area contributed by atoms with Crippen LogP contribution in [0.5, 0.6) is 0 Å². The molecule has 13 nitrogen and oxygen atoms in total. The summed E-state index contributed by atoms with van der Waals surface area (Å²) in [6.45, 7) is -0.366. The van der Waals surface area contributed by atoms with Gasteiger partial charge in [0.2, 0.25) is 10.0 Å². The second kappa shape index (κ2) is 13.0. The van der Waals surface area contributed by atoms with Crippen LogP contribution in [0.3, 0.4) is 0 Å². The third kappa shape index (κ3) is 7.40. The molecule has 3 N–H and O–H groups in total. The molecule has 1 heterocycles. The smallest absolute Gasteiger partial charge is 0.323 e. The molecular weight excluding hydrogens is 590 g/mol. The Hall–Kier alpha value is -4.53. The first kappa shape index (κ1) is 30.4. The Bertz CT molecular complexity index is 1600. The van der Waals surface area contributed by atoms with Gasteiger partial charge in [-0.25, -0.2) is 13.2 Å². The fourth-order valence-electron chi connectivity index (χ4n) is 4.54. The number of hydrogen-bond acceptors (Lipinski definition) is 7. The van der Waals surface area contributed by atoms with Gasteiger partial charge in [0.25, 0.3) is 11.6 Å². The minimum Gasteiger partial charge on any atom is -0.481 e. The first-order valence-corrected chi connectivity index (χ1v) is 14.6. The van der Waals surface area contributed by atoms with Crippen LogP contribution in [-0.2, 0) is 25.4 Å². The maximum absolute atomic E-state index is 13.8. The number of nitro groups is 1. The van der Waals surface area contributed by atoms with Crippen LogP contribution >= 0.6 is 11.6 Å². The number of urea groups is 1. The number of sulfonamides is 1. The van der Waals surface area contributed by atoms with Crippen molar-refractivity contribution in [3.63, 3.8) is 0 Å². The zero-order valence-corrected chi connectivity index (χ0v) is 23.5. The Kier molecular flexibility index (Phi) is 9.40. The van der Waals surface area contributed by atoms with Gasteiger partial charge in [0, 0.05) is 35.9 Å². The molecular formula is C27H26ClN5O8S. The molecule has 42 heavy (non-hydrogen) atoms. The molecule has 0 aliphatic carbocycles. The first-order chi connectivity index (χ1) is 19.9. The van der Waals surface area contributed by atoms with Crippen molar-refractivity contribution in [2.75, 3.05) is 18.4 Å². The minimum atomic E-state index is -4.17. The van der Waals surface area contributed by atoms with Crippen molar-refractivity contribution in [1.29, 1.82) is 0 Å². The van der Waals surface area contributed by atoms with Gasteiger partial charge in [-0.05, 0) is 29.3 Å². The maximum atomic E-state index is 13.8. The van der Waals surface area contributed by atoms with Gasteiger partial charge in [-0.1, -0.05) is 60.1 Å². The van der Waals surface area contributed by atoms with Crippen molar-refractivity contribution in [2.24, 2.45) is 0 Å². The molecule has 1 fully saturated rings. The number of carboxylic acid groups (broad SMARTS) is 1. The van der Waals surface area contributed by atoms with Crippen molar-refractivity contribution in [3.8, 4) is 0 Å². The summed E-state index contributed by atoms with van der Waals surface area (Å²) in [4.78, 5) is 50.4. The number of nitro benzene ring substituents is 1. The highest BCUT2D eigenvalue weighted by atomic mass is 35.5. The Morgan fingerprint density at radius 2 is 1.74 bits per heavy atom. The van der Waals surface area contributed by atoms with E-state index in [9.17, 15) is 38.0 Å². The number of rotatable bonds is 10. The maximum Gasteiger partial charge on any atom is 0.323 e. The molecule has 3 amide bonds. The first-order valence-electron chi connectivity index (χ1n) is 12.6. The molecule has 0 spiro atoms. The number of benzene rings is 3. The van der Waals surface area contributed by atoms with Crippen LogP contribution in [-0.4, -0.2) is 64.8 Å². The standard InChI is InChI=1S/C27H26ClN5O8S/c28-20-9-5-10-21(15-20)29-27(37)31-12-13-32(42(40,41)17-18-6-2-1-3-7-18)26(31)25(36)30-23(16-24(34)35)19-8-4-11-22(14-19)33(38)39/h1-11,14-15,23,26H,12-13,16-17H2,(H,29,37)(H,30,36)(H,34,35). The summed E-state index contributed by atoms with van der Waals surface area (Å²) in [5.74, 6) is -2.75. The molecule has 15 heteroatoms. The Morgan fingerprint density at radius 3 is 2.40 bits per heavy atom. The number of carbonyl (C=O) groups is 3. The summed E-state index contributed by atoms with van der Waals surface area (Å²) in [6, 6.07) is 17.5. The Morgan fingerprint density at radius 1 is 1.02 bits per heavy atom. The minimum absolute atomic E-state index is 0.117.